The van der Waals surface area contributed by atoms with Crippen LogP contribution in [0.5, 0.6) is 0 Å². The number of nitrogens with one attached hydrogen (secondary N) is 2. The summed E-state index contributed by atoms with van der Waals surface area (Å²) >= 11 is 5.59. The van der Waals surface area contributed by atoms with E-state index in [1.807, 2.05) is 13.8 Å². The monoisotopic (exact) mass is 273 g/mol. The van der Waals surface area contributed by atoms with E-state index in [0.717, 1.165) is 6.07 Å². The minimum absolute atomic E-state index is 0.0200. The van der Waals surface area contributed by atoms with Crippen molar-refractivity contribution in [3.63, 3.8) is 0 Å². The van der Waals surface area contributed by atoms with Crippen molar-refractivity contribution < 1.29 is 9.18 Å². The Kier molecular flexibility index (Phi) is 5.34. The maximum atomic E-state index is 13.4. The van der Waals surface area contributed by atoms with Crippen molar-refractivity contribution in [2.45, 2.75) is 26.8 Å². The normalized spacial score (nSPS) is 12.3. The van der Waals surface area contributed by atoms with Gasteiger partial charge in [-0.1, -0.05) is 25.4 Å². The largest absolute Gasteiger partial charge is 0.356 e. The zero-order chi connectivity index (χ0) is 13.7. The molecule has 2 N–H and O–H groups in total. The van der Waals surface area contributed by atoms with Crippen LogP contribution in [0, 0.1) is 11.7 Å². The van der Waals surface area contributed by atoms with Crippen LogP contribution in [0.25, 0.3) is 0 Å². The van der Waals surface area contributed by atoms with Crippen molar-refractivity contribution in [1.29, 1.82) is 0 Å². The highest BCUT2D eigenvalue weighted by Gasteiger charge is 2.15. The number of anilines is 1. The van der Waals surface area contributed by atoms with E-state index < -0.39 is 11.9 Å². The Bertz CT molecular complexity index is 426. The van der Waals surface area contributed by atoms with Crippen molar-refractivity contribution in [3.05, 3.63) is 23.1 Å². The van der Waals surface area contributed by atoms with Crippen molar-refractivity contribution in [3.8, 4) is 0 Å². The Labute approximate surface area is 111 Å². The Morgan fingerprint density at radius 2 is 2.17 bits per heavy atom. The molecule has 0 aliphatic carbocycles. The molecule has 1 aromatic rings. The summed E-state index contributed by atoms with van der Waals surface area (Å²) in [6.07, 6.45) is 1.33. The summed E-state index contributed by atoms with van der Waals surface area (Å²) in [5.74, 6) is -0.385. The van der Waals surface area contributed by atoms with Gasteiger partial charge in [0.15, 0.2) is 11.6 Å². The fourth-order valence-corrected chi connectivity index (χ4v) is 1.39. The summed E-state index contributed by atoms with van der Waals surface area (Å²) in [7, 11) is 0. The van der Waals surface area contributed by atoms with Crippen LogP contribution in [0.2, 0.25) is 5.02 Å². The quantitative estimate of drug-likeness (QED) is 0.866. The molecule has 1 heterocycles. The van der Waals surface area contributed by atoms with Crippen LogP contribution < -0.4 is 10.6 Å². The molecule has 1 atom stereocenters. The van der Waals surface area contributed by atoms with E-state index in [9.17, 15) is 9.18 Å². The standard InChI is InChI=1S/C12H17ClFN3O/c1-7(2)5-16-12(18)8(3)17-11-10(14)4-9(13)6-15-11/h4,6-8H,5H2,1-3H3,(H,15,17)(H,16,18). The van der Waals surface area contributed by atoms with E-state index in [1.54, 1.807) is 6.92 Å². The molecule has 6 heteroatoms. The zero-order valence-electron chi connectivity index (χ0n) is 10.6. The van der Waals surface area contributed by atoms with E-state index in [1.165, 1.54) is 6.20 Å². The molecule has 1 aromatic heterocycles. The maximum Gasteiger partial charge on any atom is 0.242 e. The molecule has 1 rings (SSSR count). The fourth-order valence-electron chi connectivity index (χ4n) is 1.25. The first-order valence-corrected chi connectivity index (χ1v) is 6.13. The fraction of sp³-hybridized carbons (Fsp3) is 0.500. The summed E-state index contributed by atoms with van der Waals surface area (Å²) in [6, 6.07) is 0.585. The number of hydrogen-bond donors (Lipinski definition) is 2. The third kappa shape index (κ3) is 4.49. The van der Waals surface area contributed by atoms with Crippen molar-refractivity contribution in [1.82, 2.24) is 10.3 Å². The summed E-state index contributed by atoms with van der Waals surface area (Å²) in [5.41, 5.74) is 0. The number of amides is 1. The third-order valence-corrected chi connectivity index (χ3v) is 2.45. The van der Waals surface area contributed by atoms with Gasteiger partial charge in [0.05, 0.1) is 5.02 Å². The van der Waals surface area contributed by atoms with Crippen LogP contribution in [0.1, 0.15) is 20.8 Å². The van der Waals surface area contributed by atoms with Crippen LogP contribution in [0.4, 0.5) is 10.2 Å². The van der Waals surface area contributed by atoms with Gasteiger partial charge < -0.3 is 10.6 Å². The second-order valence-corrected chi connectivity index (χ2v) is 4.93. The second-order valence-electron chi connectivity index (χ2n) is 4.49. The van der Waals surface area contributed by atoms with Crippen molar-refractivity contribution in [2.75, 3.05) is 11.9 Å². The molecule has 1 unspecified atom stereocenters. The molecule has 1 amide bonds. The summed E-state index contributed by atoms with van der Waals surface area (Å²) in [6.45, 7) is 6.23. The van der Waals surface area contributed by atoms with Crippen LogP contribution in [-0.4, -0.2) is 23.5 Å². The molecule has 0 fully saturated rings. The van der Waals surface area contributed by atoms with Gasteiger partial charge in [0.2, 0.25) is 5.91 Å². The summed E-state index contributed by atoms with van der Waals surface area (Å²) < 4.78 is 13.4. The Morgan fingerprint density at radius 1 is 1.50 bits per heavy atom. The van der Waals surface area contributed by atoms with E-state index in [0.29, 0.717) is 12.5 Å². The molecular weight excluding hydrogens is 257 g/mol. The molecule has 0 aliphatic rings. The molecule has 100 valence electrons. The van der Waals surface area contributed by atoms with Gasteiger partial charge in [0.25, 0.3) is 0 Å². The second kappa shape index (κ2) is 6.54. The van der Waals surface area contributed by atoms with Gasteiger partial charge in [-0.05, 0) is 18.9 Å². The van der Waals surface area contributed by atoms with Gasteiger partial charge in [-0.2, -0.15) is 0 Å². The molecule has 0 aliphatic heterocycles. The predicted octanol–water partition coefficient (Wildman–Crippen LogP) is 2.45. The Balaban J connectivity index is 2.58. The highest BCUT2D eigenvalue weighted by molar-refractivity contribution is 6.30. The van der Waals surface area contributed by atoms with Crippen molar-refractivity contribution >= 4 is 23.3 Å². The maximum absolute atomic E-state index is 13.4. The summed E-state index contributed by atoms with van der Waals surface area (Å²) in [4.78, 5) is 15.5. The number of rotatable bonds is 5. The lowest BCUT2D eigenvalue weighted by molar-refractivity contribution is -0.121. The van der Waals surface area contributed by atoms with Gasteiger partial charge in [0, 0.05) is 12.7 Å². The highest BCUT2D eigenvalue weighted by atomic mass is 35.5. The Morgan fingerprint density at radius 3 is 2.72 bits per heavy atom. The lowest BCUT2D eigenvalue weighted by Crippen LogP contribution is -2.39. The number of carbonyl (C=O) groups excluding carboxylic acids is 1. The number of aromatic nitrogens is 1. The smallest absolute Gasteiger partial charge is 0.242 e. The van der Waals surface area contributed by atoms with Gasteiger partial charge in [-0.15, -0.1) is 0 Å². The number of hydrogen-bond acceptors (Lipinski definition) is 3. The molecule has 4 nitrogen and oxygen atoms in total. The van der Waals surface area contributed by atoms with Crippen molar-refractivity contribution in [2.24, 2.45) is 5.92 Å². The first-order chi connectivity index (χ1) is 8.40. The zero-order valence-corrected chi connectivity index (χ0v) is 11.4. The molecule has 18 heavy (non-hydrogen) atoms. The lowest BCUT2D eigenvalue weighted by atomic mass is 10.2. The highest BCUT2D eigenvalue weighted by Crippen LogP contribution is 2.16. The number of pyridine rings is 1. The SMILES string of the molecule is CC(C)CNC(=O)C(C)Nc1ncc(Cl)cc1F. The van der Waals surface area contributed by atoms with Gasteiger partial charge >= 0.3 is 0 Å². The van der Waals surface area contributed by atoms with E-state index in [4.69, 9.17) is 11.6 Å². The topological polar surface area (TPSA) is 54.0 Å². The minimum Gasteiger partial charge on any atom is -0.356 e. The van der Waals surface area contributed by atoms with Crippen LogP contribution in [-0.2, 0) is 4.79 Å². The third-order valence-electron chi connectivity index (χ3n) is 2.24. The van der Waals surface area contributed by atoms with Gasteiger partial charge in [-0.3, -0.25) is 4.79 Å². The molecular formula is C12H17ClFN3O. The number of nitrogens with zero attached hydrogens (tertiary/aromatic N) is 1. The number of carbonyl (C=O) groups is 1. The molecule has 0 aromatic carbocycles. The molecule has 0 radical (unpaired) electrons. The minimum atomic E-state index is -0.578. The molecule has 0 saturated heterocycles. The van der Waals surface area contributed by atoms with Crippen LogP contribution in [0.15, 0.2) is 12.3 Å². The average Bonchev–Trinajstić information content (AvgIpc) is 2.29. The van der Waals surface area contributed by atoms with Gasteiger partial charge in [-0.25, -0.2) is 9.37 Å². The van der Waals surface area contributed by atoms with E-state index in [-0.39, 0.29) is 16.7 Å². The van der Waals surface area contributed by atoms with Gasteiger partial charge in [0.1, 0.15) is 6.04 Å². The lowest BCUT2D eigenvalue weighted by Gasteiger charge is -2.16. The Hall–Kier alpha value is -1.36. The van der Waals surface area contributed by atoms with E-state index >= 15 is 0 Å². The molecule has 0 saturated carbocycles. The summed E-state index contributed by atoms with van der Waals surface area (Å²) in [5, 5.41) is 5.68. The van der Waals surface area contributed by atoms with Crippen LogP contribution in [0.3, 0.4) is 0 Å². The average molecular weight is 274 g/mol. The predicted molar refractivity (Wildman–Crippen MR) is 70.1 cm³/mol. The molecule has 0 bridgehead atoms. The first-order valence-electron chi connectivity index (χ1n) is 5.75. The first kappa shape index (κ1) is 14.7. The van der Waals surface area contributed by atoms with E-state index in [2.05, 4.69) is 15.6 Å². The van der Waals surface area contributed by atoms with Crippen LogP contribution >= 0.6 is 11.6 Å². The molecule has 0 spiro atoms. The number of halogens is 2.